The molecular formula is C32H38N6O5S. The molecule has 0 radical (unpaired) electrons. The molecule has 4 aromatic rings. The molecule has 4 heterocycles. The van der Waals surface area contributed by atoms with Crippen molar-refractivity contribution in [2.24, 2.45) is 0 Å². The summed E-state index contributed by atoms with van der Waals surface area (Å²) in [7, 11) is -3.60. The summed E-state index contributed by atoms with van der Waals surface area (Å²) in [5.74, 6) is 1.19. The van der Waals surface area contributed by atoms with E-state index < -0.39 is 16.6 Å². The highest BCUT2D eigenvalue weighted by Gasteiger charge is 2.27. The largest absolute Gasteiger partial charge is 0.395 e. The van der Waals surface area contributed by atoms with E-state index in [0.717, 1.165) is 46.7 Å². The van der Waals surface area contributed by atoms with E-state index in [1.165, 1.54) is 0 Å². The number of hydrogen-bond acceptors (Lipinski definition) is 10. The maximum atomic E-state index is 12.1. The molecule has 0 saturated carbocycles. The lowest BCUT2D eigenvalue weighted by molar-refractivity contribution is 0.0973. The van der Waals surface area contributed by atoms with E-state index in [0.29, 0.717) is 50.1 Å². The summed E-state index contributed by atoms with van der Waals surface area (Å²) < 4.78 is 38.1. The van der Waals surface area contributed by atoms with Gasteiger partial charge in [-0.15, -0.1) is 0 Å². The SMILES string of the molecule is C[C@H]1COCCN1c1nc(N2CCOC[C@@H]2C)c2ccc(-c3cccc(Cc4cccc(NS(=O)(=O)CCO)c4)c3)nc2n1. The molecule has 0 aliphatic carbocycles. The maximum absolute atomic E-state index is 12.1. The maximum Gasteiger partial charge on any atom is 0.234 e. The fourth-order valence-corrected chi connectivity index (χ4v) is 6.56. The second kappa shape index (κ2) is 13.0. The number of aliphatic hydroxyl groups excluding tert-OH is 1. The molecule has 2 N–H and O–H groups in total. The van der Waals surface area contributed by atoms with Crippen molar-refractivity contribution in [1.82, 2.24) is 15.0 Å². The molecule has 2 saturated heterocycles. The van der Waals surface area contributed by atoms with Crippen LogP contribution in [0.4, 0.5) is 17.5 Å². The summed E-state index contributed by atoms with van der Waals surface area (Å²) in [5, 5.41) is 9.94. The number of rotatable bonds is 9. The molecule has 2 atom stereocenters. The lowest BCUT2D eigenvalue weighted by Crippen LogP contribution is -2.46. The molecule has 0 spiro atoms. The smallest absolute Gasteiger partial charge is 0.234 e. The molecule has 2 aromatic heterocycles. The van der Waals surface area contributed by atoms with Gasteiger partial charge in [-0.25, -0.2) is 13.4 Å². The zero-order valence-electron chi connectivity index (χ0n) is 25.0. The average Bonchev–Trinajstić information content (AvgIpc) is 3.01. The van der Waals surface area contributed by atoms with E-state index >= 15 is 0 Å². The van der Waals surface area contributed by atoms with Gasteiger partial charge in [0.05, 0.1) is 62.0 Å². The highest BCUT2D eigenvalue weighted by Crippen LogP contribution is 2.31. The lowest BCUT2D eigenvalue weighted by Gasteiger charge is -2.37. The van der Waals surface area contributed by atoms with Crippen molar-refractivity contribution in [3.05, 3.63) is 71.8 Å². The van der Waals surface area contributed by atoms with E-state index in [4.69, 9.17) is 29.5 Å². The Hall–Kier alpha value is -3.84. The first-order chi connectivity index (χ1) is 21.3. The molecule has 0 amide bonds. The van der Waals surface area contributed by atoms with Crippen molar-refractivity contribution in [3.8, 4) is 11.3 Å². The molecule has 6 rings (SSSR count). The number of pyridine rings is 1. The van der Waals surface area contributed by atoms with Crippen molar-refractivity contribution < 1.29 is 23.0 Å². The van der Waals surface area contributed by atoms with Crippen LogP contribution in [-0.4, -0.2) is 92.4 Å². The Balaban J connectivity index is 1.32. The third-order valence-electron chi connectivity index (χ3n) is 7.98. The van der Waals surface area contributed by atoms with Gasteiger partial charge in [0.25, 0.3) is 0 Å². The number of morpholine rings is 2. The molecule has 2 aliphatic rings. The predicted octanol–water partition coefficient (Wildman–Crippen LogP) is 3.47. The van der Waals surface area contributed by atoms with Crippen molar-refractivity contribution in [1.29, 1.82) is 0 Å². The fraction of sp³-hybridized carbons (Fsp3) is 0.406. The minimum atomic E-state index is -3.60. The van der Waals surface area contributed by atoms with Crippen molar-refractivity contribution in [3.63, 3.8) is 0 Å². The Morgan fingerprint density at radius 2 is 1.59 bits per heavy atom. The molecule has 0 bridgehead atoms. The van der Waals surface area contributed by atoms with Gasteiger partial charge < -0.3 is 24.4 Å². The molecule has 0 unspecified atom stereocenters. The number of ether oxygens (including phenoxy) is 2. The molecule has 2 fully saturated rings. The minimum Gasteiger partial charge on any atom is -0.395 e. The standard InChI is InChI=1S/C32H38N6O5S/c1-22-20-42-14-11-37(22)31-28-9-10-29(33-30(28)34-32(35-31)38-12-15-43-21-23(38)2)26-7-3-5-24(18-26)17-25-6-4-8-27(19-25)36-44(40,41)16-13-39/h3-10,18-19,22-23,36,39H,11-17,20-21H2,1-2H3/t22-,23-/m0/s1. The van der Waals surface area contributed by atoms with Gasteiger partial charge in [-0.2, -0.15) is 9.97 Å². The van der Waals surface area contributed by atoms with Gasteiger partial charge in [0, 0.05) is 24.3 Å². The molecular weight excluding hydrogens is 580 g/mol. The Morgan fingerprint density at radius 1 is 0.886 bits per heavy atom. The quantitative estimate of drug-likeness (QED) is 0.288. The van der Waals surface area contributed by atoms with Gasteiger partial charge >= 0.3 is 0 Å². The third-order valence-corrected chi connectivity index (χ3v) is 9.25. The first-order valence-electron chi connectivity index (χ1n) is 15.0. The van der Waals surface area contributed by atoms with Crippen LogP contribution >= 0.6 is 0 Å². The van der Waals surface area contributed by atoms with Crippen molar-refractivity contribution >= 4 is 38.5 Å². The van der Waals surface area contributed by atoms with Crippen LogP contribution in [0.2, 0.25) is 0 Å². The van der Waals surface area contributed by atoms with Gasteiger partial charge in [-0.1, -0.05) is 30.3 Å². The number of sulfonamides is 1. The van der Waals surface area contributed by atoms with E-state index in [1.54, 1.807) is 6.07 Å². The van der Waals surface area contributed by atoms with Crippen LogP contribution in [0.5, 0.6) is 0 Å². The Bertz CT molecular complexity index is 1740. The predicted molar refractivity (Wildman–Crippen MR) is 172 cm³/mol. The van der Waals surface area contributed by atoms with E-state index in [2.05, 4.69) is 40.5 Å². The van der Waals surface area contributed by atoms with Crippen LogP contribution in [0.25, 0.3) is 22.3 Å². The molecule has 2 aliphatic heterocycles. The van der Waals surface area contributed by atoms with Gasteiger partial charge in [0.1, 0.15) is 5.82 Å². The summed E-state index contributed by atoms with van der Waals surface area (Å²) >= 11 is 0. The monoisotopic (exact) mass is 618 g/mol. The summed E-state index contributed by atoms with van der Waals surface area (Å²) in [4.78, 5) is 19.6. The number of hydrogen-bond donors (Lipinski definition) is 2. The number of aliphatic hydroxyl groups is 1. The summed E-state index contributed by atoms with van der Waals surface area (Å²) in [5.41, 5.74) is 4.91. The first-order valence-corrected chi connectivity index (χ1v) is 16.6. The minimum absolute atomic E-state index is 0.152. The average molecular weight is 619 g/mol. The second-order valence-electron chi connectivity index (χ2n) is 11.4. The van der Waals surface area contributed by atoms with E-state index in [1.807, 2.05) is 42.5 Å². The number of nitrogens with one attached hydrogen (secondary N) is 1. The molecule has 2 aromatic carbocycles. The highest BCUT2D eigenvalue weighted by atomic mass is 32.2. The van der Waals surface area contributed by atoms with Crippen LogP contribution < -0.4 is 14.5 Å². The van der Waals surface area contributed by atoms with Gasteiger partial charge in [0.2, 0.25) is 16.0 Å². The van der Waals surface area contributed by atoms with E-state index in [9.17, 15) is 8.42 Å². The van der Waals surface area contributed by atoms with Gasteiger partial charge in [-0.05, 0) is 61.7 Å². The van der Waals surface area contributed by atoms with Crippen LogP contribution in [0, 0.1) is 0 Å². The Morgan fingerprint density at radius 3 is 2.32 bits per heavy atom. The Labute approximate surface area is 257 Å². The lowest BCUT2D eigenvalue weighted by atomic mass is 10.0. The third kappa shape index (κ3) is 6.78. The van der Waals surface area contributed by atoms with Crippen LogP contribution in [-0.2, 0) is 25.9 Å². The normalized spacial score (nSPS) is 19.3. The van der Waals surface area contributed by atoms with Crippen LogP contribution in [0.1, 0.15) is 25.0 Å². The second-order valence-corrected chi connectivity index (χ2v) is 13.2. The summed E-state index contributed by atoms with van der Waals surface area (Å²) in [6, 6.07) is 19.9. The zero-order chi connectivity index (χ0) is 30.7. The van der Waals surface area contributed by atoms with Gasteiger partial charge in [0.15, 0.2) is 5.65 Å². The van der Waals surface area contributed by atoms with Crippen LogP contribution in [0.15, 0.2) is 60.7 Å². The number of aromatic nitrogens is 3. The van der Waals surface area contributed by atoms with Crippen molar-refractivity contribution in [2.75, 3.05) is 66.4 Å². The zero-order valence-corrected chi connectivity index (χ0v) is 25.8. The molecule has 232 valence electrons. The summed E-state index contributed by atoms with van der Waals surface area (Å²) in [6.07, 6.45) is 0.608. The Kier molecular flexibility index (Phi) is 8.94. The number of fused-ring (bicyclic) bond motifs is 1. The highest BCUT2D eigenvalue weighted by molar-refractivity contribution is 7.92. The molecule has 44 heavy (non-hydrogen) atoms. The van der Waals surface area contributed by atoms with E-state index in [-0.39, 0.29) is 17.8 Å². The van der Waals surface area contributed by atoms with Crippen molar-refractivity contribution in [2.45, 2.75) is 32.4 Å². The number of nitrogens with zero attached hydrogens (tertiary/aromatic N) is 5. The molecule has 12 heteroatoms. The molecule has 11 nitrogen and oxygen atoms in total. The first kappa shape index (κ1) is 30.2. The topological polar surface area (TPSA) is 130 Å². The van der Waals surface area contributed by atoms with Gasteiger partial charge in [-0.3, -0.25) is 4.72 Å². The number of benzene rings is 2. The van der Waals surface area contributed by atoms with Crippen LogP contribution in [0.3, 0.4) is 0 Å². The summed E-state index contributed by atoms with van der Waals surface area (Å²) in [6.45, 7) is 7.86. The number of anilines is 3. The fourth-order valence-electron chi connectivity index (χ4n) is 5.73.